The van der Waals surface area contributed by atoms with Crippen LogP contribution >= 0.6 is 0 Å². The van der Waals surface area contributed by atoms with Crippen molar-refractivity contribution in [3.8, 4) is 0 Å². The first-order valence-corrected chi connectivity index (χ1v) is 3.71. The van der Waals surface area contributed by atoms with Crippen LogP contribution < -0.4 is 0 Å². The third-order valence-corrected chi connectivity index (χ3v) is 1.63. The molecule has 0 fully saturated rings. The van der Waals surface area contributed by atoms with E-state index in [2.05, 4.69) is 13.2 Å². The Hall–Kier alpha value is -0.850. The van der Waals surface area contributed by atoms with Crippen LogP contribution in [0.1, 0.15) is 27.7 Å². The van der Waals surface area contributed by atoms with E-state index in [4.69, 9.17) is 5.41 Å². The largest absolute Gasteiger partial charge is 0.300 e. The van der Waals surface area contributed by atoms with Crippen molar-refractivity contribution >= 4 is 5.71 Å². The highest BCUT2D eigenvalue weighted by Gasteiger charge is 2.18. The molecule has 0 heterocycles. The molecule has 1 heteroatoms. The van der Waals surface area contributed by atoms with Gasteiger partial charge >= 0.3 is 0 Å². The van der Waals surface area contributed by atoms with Gasteiger partial charge in [-0.05, 0) is 23.5 Å². The highest BCUT2D eigenvalue weighted by molar-refractivity contribution is 6.09. The maximum atomic E-state index is 7.61. The van der Waals surface area contributed by atoms with Gasteiger partial charge in [0.2, 0.25) is 0 Å². The van der Waals surface area contributed by atoms with Crippen molar-refractivity contribution in [3.05, 3.63) is 24.3 Å². The van der Waals surface area contributed by atoms with Crippen LogP contribution in [0.4, 0.5) is 0 Å². The zero-order chi connectivity index (χ0) is 9.23. The average molecular weight is 151 g/mol. The number of nitrogens with one attached hydrogen (secondary N) is 1. The molecule has 0 aromatic heterocycles. The molecule has 11 heavy (non-hydrogen) atoms. The monoisotopic (exact) mass is 151 g/mol. The quantitative estimate of drug-likeness (QED) is 0.586. The Bertz CT molecular complexity index is 203. The Balaban J connectivity index is 4.53. The van der Waals surface area contributed by atoms with E-state index in [1.165, 1.54) is 0 Å². The van der Waals surface area contributed by atoms with Crippen molar-refractivity contribution in [3.63, 3.8) is 0 Å². The van der Waals surface area contributed by atoms with Crippen molar-refractivity contribution in [2.24, 2.45) is 5.41 Å². The van der Waals surface area contributed by atoms with Crippen LogP contribution in [0.2, 0.25) is 0 Å². The van der Waals surface area contributed by atoms with Crippen molar-refractivity contribution in [2.45, 2.75) is 27.7 Å². The molecule has 1 nitrogen and oxygen atoms in total. The van der Waals surface area contributed by atoms with Gasteiger partial charge in [0.15, 0.2) is 0 Å². The summed E-state index contributed by atoms with van der Waals surface area (Å²) in [7, 11) is 0. The average Bonchev–Trinajstić information content (AvgIpc) is 1.82. The Morgan fingerprint density at radius 1 is 1.18 bits per heavy atom. The normalized spacial score (nSPS) is 10.9. The van der Waals surface area contributed by atoms with Gasteiger partial charge in [-0.25, -0.2) is 0 Å². The van der Waals surface area contributed by atoms with Crippen LogP contribution in [0, 0.1) is 10.8 Å². The fourth-order valence-electron chi connectivity index (χ4n) is 0.633. The Morgan fingerprint density at radius 3 is 1.64 bits per heavy atom. The molecule has 1 N–H and O–H groups in total. The SMILES string of the molecule is C=C(C)C(=N)C(=C)C(C)(C)C. The van der Waals surface area contributed by atoms with Crippen LogP contribution in [0.3, 0.4) is 0 Å². The molecule has 0 saturated carbocycles. The summed E-state index contributed by atoms with van der Waals surface area (Å²) in [5.74, 6) is 0. The molecule has 0 amide bonds. The van der Waals surface area contributed by atoms with Crippen LogP contribution in [0.25, 0.3) is 0 Å². The maximum absolute atomic E-state index is 7.61. The van der Waals surface area contributed by atoms with Gasteiger partial charge in [0.1, 0.15) is 0 Å². The van der Waals surface area contributed by atoms with Gasteiger partial charge in [-0.15, -0.1) is 0 Å². The maximum Gasteiger partial charge on any atom is 0.0594 e. The summed E-state index contributed by atoms with van der Waals surface area (Å²) in [6, 6.07) is 0. The van der Waals surface area contributed by atoms with E-state index in [1.54, 1.807) is 0 Å². The smallest absolute Gasteiger partial charge is 0.0594 e. The number of hydrogen-bond acceptors (Lipinski definition) is 1. The first kappa shape index (κ1) is 10.2. The van der Waals surface area contributed by atoms with Crippen LogP contribution in [0.5, 0.6) is 0 Å². The zero-order valence-electron chi connectivity index (χ0n) is 7.91. The summed E-state index contributed by atoms with van der Waals surface area (Å²) in [6.45, 7) is 15.5. The zero-order valence-corrected chi connectivity index (χ0v) is 7.91. The lowest BCUT2D eigenvalue weighted by atomic mass is 9.83. The van der Waals surface area contributed by atoms with E-state index in [-0.39, 0.29) is 5.41 Å². The highest BCUT2D eigenvalue weighted by Crippen LogP contribution is 2.25. The molecule has 0 unspecified atom stereocenters. The standard InChI is InChI=1S/C10H17N/c1-7(2)9(11)8(3)10(4,5)6/h11H,1,3H2,2,4-6H3. The Kier molecular flexibility index (Phi) is 2.80. The van der Waals surface area contributed by atoms with Gasteiger partial charge in [-0.3, -0.25) is 0 Å². The van der Waals surface area contributed by atoms with Crippen molar-refractivity contribution < 1.29 is 0 Å². The van der Waals surface area contributed by atoms with Gasteiger partial charge < -0.3 is 5.41 Å². The fraction of sp³-hybridized carbons (Fsp3) is 0.500. The molecule has 0 aliphatic heterocycles. The highest BCUT2D eigenvalue weighted by atomic mass is 14.4. The molecular formula is C10H17N. The molecule has 62 valence electrons. The molecule has 0 atom stereocenters. The first-order valence-electron chi connectivity index (χ1n) is 3.71. The van der Waals surface area contributed by atoms with Gasteiger partial charge in [-0.1, -0.05) is 33.9 Å². The van der Waals surface area contributed by atoms with Crippen LogP contribution in [-0.4, -0.2) is 5.71 Å². The van der Waals surface area contributed by atoms with Gasteiger partial charge in [0, 0.05) is 0 Å². The first-order chi connectivity index (χ1) is 4.76. The molecule has 0 radical (unpaired) electrons. The lowest BCUT2D eigenvalue weighted by molar-refractivity contribution is 0.526. The second kappa shape index (κ2) is 3.04. The summed E-state index contributed by atoms with van der Waals surface area (Å²) in [5, 5.41) is 7.61. The van der Waals surface area contributed by atoms with E-state index in [0.717, 1.165) is 11.1 Å². The Labute approximate surface area is 69.3 Å². The predicted octanol–water partition coefficient (Wildman–Crippen LogP) is 3.18. The van der Waals surface area contributed by atoms with Crippen molar-refractivity contribution in [1.29, 1.82) is 5.41 Å². The molecule has 0 aromatic carbocycles. The van der Waals surface area contributed by atoms with Crippen LogP contribution in [0.15, 0.2) is 24.3 Å². The molecule has 0 aliphatic carbocycles. The molecule has 0 aliphatic rings. The summed E-state index contributed by atoms with van der Waals surface area (Å²) >= 11 is 0. The minimum atomic E-state index is -0.0178. The van der Waals surface area contributed by atoms with Crippen molar-refractivity contribution in [1.82, 2.24) is 0 Å². The summed E-state index contributed by atoms with van der Waals surface area (Å²) in [6.07, 6.45) is 0. The van der Waals surface area contributed by atoms with Crippen LogP contribution in [-0.2, 0) is 0 Å². The minimum Gasteiger partial charge on any atom is -0.300 e. The summed E-state index contributed by atoms with van der Waals surface area (Å²) < 4.78 is 0. The molecule has 0 aromatic rings. The summed E-state index contributed by atoms with van der Waals surface area (Å²) in [5.41, 5.74) is 2.10. The number of allylic oxidation sites excluding steroid dienone is 2. The minimum absolute atomic E-state index is 0.0178. The summed E-state index contributed by atoms with van der Waals surface area (Å²) in [4.78, 5) is 0. The molecule has 0 spiro atoms. The van der Waals surface area contributed by atoms with E-state index in [9.17, 15) is 0 Å². The topological polar surface area (TPSA) is 23.9 Å². The predicted molar refractivity (Wildman–Crippen MR) is 51.1 cm³/mol. The molecular weight excluding hydrogens is 134 g/mol. The van der Waals surface area contributed by atoms with E-state index >= 15 is 0 Å². The molecule has 0 saturated heterocycles. The van der Waals surface area contributed by atoms with E-state index in [1.807, 2.05) is 27.7 Å². The second-order valence-corrected chi connectivity index (χ2v) is 3.88. The van der Waals surface area contributed by atoms with E-state index in [0.29, 0.717) is 5.71 Å². The number of hydrogen-bond donors (Lipinski definition) is 1. The third kappa shape index (κ3) is 2.71. The van der Waals surface area contributed by atoms with Gasteiger partial charge in [-0.2, -0.15) is 0 Å². The second-order valence-electron chi connectivity index (χ2n) is 3.88. The lowest BCUT2D eigenvalue weighted by Crippen LogP contribution is -2.16. The molecule has 0 bridgehead atoms. The third-order valence-electron chi connectivity index (χ3n) is 1.63. The number of rotatable bonds is 2. The van der Waals surface area contributed by atoms with Crippen molar-refractivity contribution in [2.75, 3.05) is 0 Å². The van der Waals surface area contributed by atoms with E-state index < -0.39 is 0 Å². The van der Waals surface area contributed by atoms with Gasteiger partial charge in [0.25, 0.3) is 0 Å². The van der Waals surface area contributed by atoms with Gasteiger partial charge in [0.05, 0.1) is 5.71 Å². The fourth-order valence-corrected chi connectivity index (χ4v) is 0.633. The lowest BCUT2D eigenvalue weighted by Gasteiger charge is -2.22. The Morgan fingerprint density at radius 2 is 1.55 bits per heavy atom. The molecule has 0 rings (SSSR count).